The van der Waals surface area contributed by atoms with E-state index in [1.54, 1.807) is 0 Å². The van der Waals surface area contributed by atoms with Crippen LogP contribution < -0.4 is 10.6 Å². The molecule has 0 aliphatic carbocycles. The number of fused-ring (bicyclic) bond motifs is 1. The number of hydrogen-bond acceptors (Lipinski definition) is 5. The van der Waals surface area contributed by atoms with Crippen LogP contribution in [0.25, 0.3) is 10.8 Å². The summed E-state index contributed by atoms with van der Waals surface area (Å²) in [6, 6.07) is 21.5. The van der Waals surface area contributed by atoms with Crippen molar-refractivity contribution in [2.45, 2.75) is 38.4 Å². The van der Waals surface area contributed by atoms with E-state index in [1.807, 2.05) is 78.2 Å². The largest absolute Gasteiger partial charge is 0.325 e. The molecule has 1 aromatic heterocycles. The smallest absolute Gasteiger partial charge is 0.234 e. The fourth-order valence-corrected chi connectivity index (χ4v) is 4.63. The maximum absolute atomic E-state index is 12.6. The van der Waals surface area contributed by atoms with E-state index >= 15 is 0 Å². The number of para-hydroxylation sites is 1. The molecular formula is C26H27N5O2S. The van der Waals surface area contributed by atoms with E-state index in [0.29, 0.717) is 17.5 Å². The first-order valence-corrected chi connectivity index (χ1v) is 12.3. The van der Waals surface area contributed by atoms with Gasteiger partial charge >= 0.3 is 0 Å². The number of aromatic nitrogens is 3. The molecule has 34 heavy (non-hydrogen) atoms. The van der Waals surface area contributed by atoms with Crippen LogP contribution >= 0.6 is 11.8 Å². The van der Waals surface area contributed by atoms with Crippen LogP contribution in [0.3, 0.4) is 0 Å². The van der Waals surface area contributed by atoms with E-state index in [2.05, 4.69) is 27.8 Å². The zero-order chi connectivity index (χ0) is 23.9. The number of amides is 2. The summed E-state index contributed by atoms with van der Waals surface area (Å²) < 4.78 is 1.88. The summed E-state index contributed by atoms with van der Waals surface area (Å²) in [5.41, 5.74) is 2.68. The third-order valence-corrected chi connectivity index (χ3v) is 6.46. The average molecular weight is 474 g/mol. The van der Waals surface area contributed by atoms with Crippen molar-refractivity contribution in [3.8, 4) is 0 Å². The summed E-state index contributed by atoms with van der Waals surface area (Å²) in [6.45, 7) is 4.63. The molecule has 0 saturated heterocycles. The Morgan fingerprint density at radius 3 is 2.38 bits per heavy atom. The number of thioether (sulfide) groups is 1. The van der Waals surface area contributed by atoms with Crippen LogP contribution in [0.4, 0.5) is 11.4 Å². The van der Waals surface area contributed by atoms with Crippen molar-refractivity contribution in [1.82, 2.24) is 14.8 Å². The molecule has 0 saturated carbocycles. The molecule has 4 aromatic rings. The van der Waals surface area contributed by atoms with Gasteiger partial charge in [-0.15, -0.1) is 10.2 Å². The molecule has 0 radical (unpaired) electrons. The van der Waals surface area contributed by atoms with Gasteiger partial charge in [0.05, 0.1) is 12.2 Å². The molecular weight excluding hydrogens is 446 g/mol. The molecule has 2 N–H and O–H groups in total. The second-order valence-electron chi connectivity index (χ2n) is 7.74. The van der Waals surface area contributed by atoms with Gasteiger partial charge in [-0.2, -0.15) is 0 Å². The highest BCUT2D eigenvalue weighted by Gasteiger charge is 2.17. The number of aryl methyl sites for hydroxylation is 1. The normalized spacial score (nSPS) is 10.9. The topological polar surface area (TPSA) is 88.9 Å². The number of hydrogen-bond donors (Lipinski definition) is 2. The SMILES string of the molecule is CCc1ccccc1NC(=O)Cc1nnc(SCC(=O)Nc2cccc3ccccc23)n1CC. The number of carbonyl (C=O) groups is 2. The molecule has 7 nitrogen and oxygen atoms in total. The standard InChI is InChI=1S/C26H27N5O2S/c1-3-18-10-6-8-14-21(18)27-24(32)16-23-29-30-26(31(23)4-2)34-17-25(33)28-22-15-9-12-19-11-5-7-13-20(19)22/h5-15H,3-4,16-17H2,1-2H3,(H,27,32)(H,28,33). The summed E-state index contributed by atoms with van der Waals surface area (Å²) in [5.74, 6) is 0.499. The van der Waals surface area contributed by atoms with Gasteiger partial charge in [0.2, 0.25) is 11.8 Å². The van der Waals surface area contributed by atoms with Gasteiger partial charge in [0.1, 0.15) is 5.82 Å². The molecule has 0 aliphatic heterocycles. The van der Waals surface area contributed by atoms with Crippen molar-refractivity contribution in [2.75, 3.05) is 16.4 Å². The minimum absolute atomic E-state index is 0.113. The van der Waals surface area contributed by atoms with Crippen LogP contribution in [-0.4, -0.2) is 32.3 Å². The van der Waals surface area contributed by atoms with E-state index in [-0.39, 0.29) is 24.0 Å². The van der Waals surface area contributed by atoms with Crippen LogP contribution in [-0.2, 0) is 29.0 Å². The molecule has 3 aromatic carbocycles. The Hall–Kier alpha value is -3.65. The molecule has 0 aliphatic rings. The van der Waals surface area contributed by atoms with E-state index in [0.717, 1.165) is 34.1 Å². The molecule has 0 fully saturated rings. The lowest BCUT2D eigenvalue weighted by Gasteiger charge is -2.11. The van der Waals surface area contributed by atoms with Gasteiger partial charge in [0.25, 0.3) is 0 Å². The van der Waals surface area contributed by atoms with Crippen LogP contribution in [0.2, 0.25) is 0 Å². The van der Waals surface area contributed by atoms with Crippen molar-refractivity contribution >= 4 is 45.7 Å². The van der Waals surface area contributed by atoms with Gasteiger partial charge in [-0.3, -0.25) is 9.59 Å². The Balaban J connectivity index is 1.38. The number of anilines is 2. The fraction of sp³-hybridized carbons (Fsp3) is 0.231. The summed E-state index contributed by atoms with van der Waals surface area (Å²) in [5, 5.41) is 17.1. The predicted molar refractivity (Wildman–Crippen MR) is 137 cm³/mol. The maximum Gasteiger partial charge on any atom is 0.234 e. The Labute approximate surface area is 203 Å². The van der Waals surface area contributed by atoms with Gasteiger partial charge in [-0.25, -0.2) is 0 Å². The molecule has 0 bridgehead atoms. The first-order valence-electron chi connectivity index (χ1n) is 11.3. The van der Waals surface area contributed by atoms with Crippen molar-refractivity contribution in [1.29, 1.82) is 0 Å². The molecule has 4 rings (SSSR count). The summed E-state index contributed by atoms with van der Waals surface area (Å²) in [4.78, 5) is 25.3. The predicted octanol–water partition coefficient (Wildman–Crippen LogP) is 4.93. The van der Waals surface area contributed by atoms with Gasteiger partial charge in [-0.05, 0) is 36.4 Å². The van der Waals surface area contributed by atoms with E-state index < -0.39 is 0 Å². The minimum atomic E-state index is -0.145. The Morgan fingerprint density at radius 2 is 1.56 bits per heavy atom. The highest BCUT2D eigenvalue weighted by atomic mass is 32.2. The van der Waals surface area contributed by atoms with Gasteiger partial charge in [0, 0.05) is 23.3 Å². The van der Waals surface area contributed by atoms with Crippen LogP contribution in [0.5, 0.6) is 0 Å². The third kappa shape index (κ3) is 5.46. The first-order chi connectivity index (χ1) is 16.6. The monoisotopic (exact) mass is 473 g/mol. The number of benzene rings is 3. The van der Waals surface area contributed by atoms with Gasteiger partial charge in [0.15, 0.2) is 5.16 Å². The summed E-state index contributed by atoms with van der Waals surface area (Å²) in [7, 11) is 0. The van der Waals surface area contributed by atoms with Crippen LogP contribution in [0.1, 0.15) is 25.2 Å². The molecule has 8 heteroatoms. The fourth-order valence-electron chi connectivity index (χ4n) is 3.81. The third-order valence-electron chi connectivity index (χ3n) is 5.50. The molecule has 0 spiro atoms. The number of nitrogens with one attached hydrogen (secondary N) is 2. The molecule has 0 atom stereocenters. The van der Waals surface area contributed by atoms with E-state index in [1.165, 1.54) is 11.8 Å². The molecule has 174 valence electrons. The Morgan fingerprint density at radius 1 is 0.853 bits per heavy atom. The Bertz CT molecular complexity index is 1310. The van der Waals surface area contributed by atoms with Gasteiger partial charge in [-0.1, -0.05) is 73.3 Å². The van der Waals surface area contributed by atoms with Gasteiger partial charge < -0.3 is 15.2 Å². The lowest BCUT2D eigenvalue weighted by Crippen LogP contribution is -2.18. The van der Waals surface area contributed by atoms with Crippen molar-refractivity contribution in [3.05, 3.63) is 78.1 Å². The lowest BCUT2D eigenvalue weighted by molar-refractivity contribution is -0.116. The average Bonchev–Trinajstić information content (AvgIpc) is 3.24. The first kappa shape index (κ1) is 23.5. The van der Waals surface area contributed by atoms with Crippen molar-refractivity contribution in [3.63, 3.8) is 0 Å². The summed E-state index contributed by atoms with van der Waals surface area (Å²) >= 11 is 1.31. The molecule has 1 heterocycles. The second-order valence-corrected chi connectivity index (χ2v) is 8.68. The molecule has 2 amide bonds. The second kappa shape index (κ2) is 11.0. The highest BCUT2D eigenvalue weighted by molar-refractivity contribution is 7.99. The quantitative estimate of drug-likeness (QED) is 0.337. The number of nitrogens with zero attached hydrogens (tertiary/aromatic N) is 3. The minimum Gasteiger partial charge on any atom is -0.325 e. The number of carbonyl (C=O) groups excluding carboxylic acids is 2. The van der Waals surface area contributed by atoms with Crippen LogP contribution in [0, 0.1) is 0 Å². The van der Waals surface area contributed by atoms with Crippen molar-refractivity contribution in [2.24, 2.45) is 0 Å². The van der Waals surface area contributed by atoms with E-state index in [9.17, 15) is 9.59 Å². The highest BCUT2D eigenvalue weighted by Crippen LogP contribution is 2.24. The zero-order valence-electron chi connectivity index (χ0n) is 19.2. The maximum atomic E-state index is 12.6. The lowest BCUT2D eigenvalue weighted by atomic mass is 10.1. The molecule has 0 unspecified atom stereocenters. The van der Waals surface area contributed by atoms with E-state index in [4.69, 9.17) is 0 Å². The number of rotatable bonds is 9. The zero-order valence-corrected chi connectivity index (χ0v) is 20.1. The Kier molecular flexibility index (Phi) is 7.59. The van der Waals surface area contributed by atoms with Crippen molar-refractivity contribution < 1.29 is 9.59 Å². The van der Waals surface area contributed by atoms with Crippen LogP contribution in [0.15, 0.2) is 71.9 Å². The summed E-state index contributed by atoms with van der Waals surface area (Å²) in [6.07, 6.45) is 0.949.